The van der Waals surface area contributed by atoms with Gasteiger partial charge in [-0.1, -0.05) is 39.8 Å². The molecule has 1 aromatic carbocycles. The largest absolute Gasteiger partial charge is 0.381 e. The molecule has 1 aliphatic rings. The molecule has 1 amide bonds. The van der Waals surface area contributed by atoms with Crippen LogP contribution in [0.4, 0.5) is 0 Å². The topological polar surface area (TPSA) is 52.3 Å². The third-order valence-electron chi connectivity index (χ3n) is 4.34. The minimum absolute atomic E-state index is 0.254. The molecule has 0 saturated carbocycles. The molecule has 116 valence electrons. The van der Waals surface area contributed by atoms with E-state index in [1.807, 2.05) is 0 Å². The van der Waals surface area contributed by atoms with E-state index in [0.717, 1.165) is 25.2 Å². The summed E-state index contributed by atoms with van der Waals surface area (Å²) in [6, 6.07) is 4.54. The lowest BCUT2D eigenvalue weighted by Crippen LogP contribution is -2.18. The van der Waals surface area contributed by atoms with Gasteiger partial charge >= 0.3 is 0 Å². The van der Waals surface area contributed by atoms with Crippen LogP contribution >= 0.6 is 0 Å². The Morgan fingerprint density at radius 3 is 2.19 bits per heavy atom. The van der Waals surface area contributed by atoms with Crippen molar-refractivity contribution in [2.24, 2.45) is 5.73 Å². The number of primary amides is 1. The van der Waals surface area contributed by atoms with Gasteiger partial charge in [0, 0.05) is 12.5 Å². The molecule has 0 aliphatic carbocycles. The second kappa shape index (κ2) is 6.61. The highest BCUT2D eigenvalue weighted by molar-refractivity contribution is 5.77. The van der Waals surface area contributed by atoms with Crippen LogP contribution in [0.1, 0.15) is 74.1 Å². The molecular formula is C18H27NO2. The van der Waals surface area contributed by atoms with Gasteiger partial charge in [-0.2, -0.15) is 0 Å². The van der Waals surface area contributed by atoms with Gasteiger partial charge in [0.05, 0.1) is 13.0 Å². The van der Waals surface area contributed by atoms with Gasteiger partial charge in [-0.05, 0) is 40.5 Å². The van der Waals surface area contributed by atoms with Gasteiger partial charge in [0.25, 0.3) is 0 Å². The molecule has 3 heteroatoms. The summed E-state index contributed by atoms with van der Waals surface area (Å²) in [4.78, 5) is 11.5. The first kappa shape index (κ1) is 16.0. The van der Waals surface area contributed by atoms with Crippen molar-refractivity contribution >= 4 is 5.91 Å². The summed E-state index contributed by atoms with van der Waals surface area (Å²) >= 11 is 0. The van der Waals surface area contributed by atoms with Crippen LogP contribution < -0.4 is 5.73 Å². The molecule has 21 heavy (non-hydrogen) atoms. The number of carbonyl (C=O) groups is 1. The first-order valence-corrected chi connectivity index (χ1v) is 7.92. The van der Waals surface area contributed by atoms with E-state index in [1.165, 1.54) is 16.7 Å². The Labute approximate surface area is 127 Å². The minimum atomic E-state index is -0.254. The summed E-state index contributed by atoms with van der Waals surface area (Å²) in [6.45, 7) is 10.4. The Morgan fingerprint density at radius 1 is 1.24 bits per heavy atom. The first-order valence-electron chi connectivity index (χ1n) is 7.92. The number of ether oxygens (including phenoxy) is 1. The van der Waals surface area contributed by atoms with Gasteiger partial charge in [0.1, 0.15) is 0 Å². The third kappa shape index (κ3) is 3.65. The van der Waals surface area contributed by atoms with Crippen LogP contribution in [0.2, 0.25) is 0 Å². The standard InChI is InChI=1S/C18H27NO2/c1-11(2)15-7-14(13-5-6-21-10-13)8-16(12(3)4)17(15)9-18(19)20/h7-8,11-13H,5-6,9-10H2,1-4H3,(H2,19,20). The molecule has 2 rings (SSSR count). The Hall–Kier alpha value is -1.35. The Kier molecular flexibility index (Phi) is 5.04. The highest BCUT2D eigenvalue weighted by Gasteiger charge is 2.23. The summed E-state index contributed by atoms with van der Waals surface area (Å²) < 4.78 is 5.53. The molecule has 3 nitrogen and oxygen atoms in total. The molecule has 1 unspecified atom stereocenters. The van der Waals surface area contributed by atoms with Crippen LogP contribution in [0, 0.1) is 0 Å². The summed E-state index contributed by atoms with van der Waals surface area (Å²) in [5.41, 5.74) is 10.5. The number of amides is 1. The van der Waals surface area contributed by atoms with Crippen LogP contribution in [0.15, 0.2) is 12.1 Å². The Bertz CT molecular complexity index is 485. The highest BCUT2D eigenvalue weighted by Crippen LogP contribution is 2.34. The van der Waals surface area contributed by atoms with E-state index in [4.69, 9.17) is 10.5 Å². The molecule has 0 radical (unpaired) electrons. The summed E-state index contributed by atoms with van der Waals surface area (Å²) in [6.07, 6.45) is 1.42. The first-order chi connectivity index (χ1) is 9.90. The molecule has 1 heterocycles. The molecule has 0 bridgehead atoms. The van der Waals surface area contributed by atoms with Gasteiger partial charge in [-0.3, -0.25) is 4.79 Å². The van der Waals surface area contributed by atoms with Crippen LogP contribution in [0.25, 0.3) is 0 Å². The quantitative estimate of drug-likeness (QED) is 0.902. The monoisotopic (exact) mass is 289 g/mol. The lowest BCUT2D eigenvalue weighted by Gasteiger charge is -2.22. The van der Waals surface area contributed by atoms with E-state index in [1.54, 1.807) is 0 Å². The maximum Gasteiger partial charge on any atom is 0.221 e. The zero-order chi connectivity index (χ0) is 15.6. The molecule has 1 aliphatic heterocycles. The number of nitrogens with two attached hydrogens (primary N) is 1. The summed E-state index contributed by atoms with van der Waals surface area (Å²) in [5, 5.41) is 0. The van der Waals surface area contributed by atoms with Crippen molar-refractivity contribution in [1.82, 2.24) is 0 Å². The van der Waals surface area contributed by atoms with Gasteiger partial charge in [0.15, 0.2) is 0 Å². The maximum absolute atomic E-state index is 11.5. The number of hydrogen-bond acceptors (Lipinski definition) is 2. The van der Waals surface area contributed by atoms with Crippen molar-refractivity contribution in [3.63, 3.8) is 0 Å². The predicted octanol–water partition coefficient (Wildman–Crippen LogP) is 3.47. The number of rotatable bonds is 5. The SMILES string of the molecule is CC(C)c1cc(C2CCOC2)cc(C(C)C)c1CC(N)=O. The van der Waals surface area contributed by atoms with E-state index >= 15 is 0 Å². The van der Waals surface area contributed by atoms with Gasteiger partial charge < -0.3 is 10.5 Å². The van der Waals surface area contributed by atoms with Crippen molar-refractivity contribution < 1.29 is 9.53 Å². The van der Waals surface area contributed by atoms with Crippen molar-refractivity contribution in [2.45, 2.75) is 58.3 Å². The highest BCUT2D eigenvalue weighted by atomic mass is 16.5. The van der Waals surface area contributed by atoms with Crippen LogP contribution in [0.5, 0.6) is 0 Å². The van der Waals surface area contributed by atoms with Crippen LogP contribution in [-0.4, -0.2) is 19.1 Å². The minimum Gasteiger partial charge on any atom is -0.381 e. The molecule has 1 fully saturated rings. The zero-order valence-electron chi connectivity index (χ0n) is 13.6. The summed E-state index contributed by atoms with van der Waals surface area (Å²) in [7, 11) is 0. The molecule has 1 atom stereocenters. The van der Waals surface area contributed by atoms with Crippen molar-refractivity contribution in [3.8, 4) is 0 Å². The zero-order valence-corrected chi connectivity index (χ0v) is 13.6. The molecule has 0 spiro atoms. The second-order valence-corrected chi connectivity index (χ2v) is 6.69. The lowest BCUT2D eigenvalue weighted by atomic mass is 9.82. The molecular weight excluding hydrogens is 262 g/mol. The fourth-order valence-electron chi connectivity index (χ4n) is 3.18. The molecule has 1 aromatic rings. The normalized spacial score (nSPS) is 18.7. The molecule has 2 N–H and O–H groups in total. The van der Waals surface area contributed by atoms with E-state index in [2.05, 4.69) is 39.8 Å². The lowest BCUT2D eigenvalue weighted by molar-refractivity contribution is -0.117. The van der Waals surface area contributed by atoms with Crippen LogP contribution in [-0.2, 0) is 16.0 Å². The third-order valence-corrected chi connectivity index (χ3v) is 4.34. The molecule has 1 saturated heterocycles. The van der Waals surface area contributed by atoms with Crippen molar-refractivity contribution in [2.75, 3.05) is 13.2 Å². The van der Waals surface area contributed by atoms with E-state index < -0.39 is 0 Å². The Morgan fingerprint density at radius 2 is 1.81 bits per heavy atom. The smallest absolute Gasteiger partial charge is 0.221 e. The number of carbonyl (C=O) groups excluding carboxylic acids is 1. The van der Waals surface area contributed by atoms with E-state index in [-0.39, 0.29) is 5.91 Å². The average Bonchev–Trinajstić information content (AvgIpc) is 2.91. The maximum atomic E-state index is 11.5. The van der Waals surface area contributed by atoms with E-state index in [9.17, 15) is 4.79 Å². The van der Waals surface area contributed by atoms with Gasteiger partial charge in [-0.15, -0.1) is 0 Å². The number of hydrogen-bond donors (Lipinski definition) is 1. The fraction of sp³-hybridized carbons (Fsp3) is 0.611. The second-order valence-electron chi connectivity index (χ2n) is 6.69. The number of benzene rings is 1. The van der Waals surface area contributed by atoms with Crippen molar-refractivity contribution in [3.05, 3.63) is 34.4 Å². The van der Waals surface area contributed by atoms with Gasteiger partial charge in [-0.25, -0.2) is 0 Å². The van der Waals surface area contributed by atoms with Crippen LogP contribution in [0.3, 0.4) is 0 Å². The van der Waals surface area contributed by atoms with E-state index in [0.29, 0.717) is 24.2 Å². The van der Waals surface area contributed by atoms with Gasteiger partial charge in [0.2, 0.25) is 5.91 Å². The summed E-state index contributed by atoms with van der Waals surface area (Å²) in [5.74, 6) is 1.01. The fourth-order valence-corrected chi connectivity index (χ4v) is 3.18. The molecule has 0 aromatic heterocycles. The predicted molar refractivity (Wildman–Crippen MR) is 85.7 cm³/mol. The average molecular weight is 289 g/mol. The Balaban J connectivity index is 2.54. The van der Waals surface area contributed by atoms with Crippen molar-refractivity contribution in [1.29, 1.82) is 0 Å².